The lowest BCUT2D eigenvalue weighted by Gasteiger charge is -2.16. The third-order valence-corrected chi connectivity index (χ3v) is 3.92. The number of aryl methyl sites for hydroxylation is 2. The van der Waals surface area contributed by atoms with Crippen molar-refractivity contribution in [3.05, 3.63) is 29.3 Å². The largest absolute Gasteiger partial charge is 0.491 e. The van der Waals surface area contributed by atoms with Crippen LogP contribution in [0.3, 0.4) is 0 Å². The maximum absolute atomic E-state index is 6.04. The molecule has 0 amide bonds. The molecule has 1 aliphatic rings. The van der Waals surface area contributed by atoms with Crippen molar-refractivity contribution >= 4 is 0 Å². The summed E-state index contributed by atoms with van der Waals surface area (Å²) in [5.74, 6) is 1.78. The Morgan fingerprint density at radius 3 is 2.75 bits per heavy atom. The predicted molar refractivity (Wildman–Crippen MR) is 85.5 cm³/mol. The predicted octanol–water partition coefficient (Wildman–Crippen LogP) is 3.97. The molecular formula is C18H29NO. The van der Waals surface area contributed by atoms with Crippen molar-refractivity contribution in [2.24, 2.45) is 5.92 Å². The summed E-state index contributed by atoms with van der Waals surface area (Å²) in [6, 6.07) is 6.63. The highest BCUT2D eigenvalue weighted by Crippen LogP contribution is 2.26. The first-order valence-corrected chi connectivity index (χ1v) is 8.14. The van der Waals surface area contributed by atoms with Crippen molar-refractivity contribution in [2.75, 3.05) is 13.1 Å². The number of hydrogen-bond donors (Lipinski definition) is 1. The second kappa shape index (κ2) is 7.68. The van der Waals surface area contributed by atoms with Gasteiger partial charge in [0.1, 0.15) is 5.75 Å². The topological polar surface area (TPSA) is 21.3 Å². The maximum Gasteiger partial charge on any atom is 0.119 e. The van der Waals surface area contributed by atoms with Gasteiger partial charge in [-0.05, 0) is 81.3 Å². The van der Waals surface area contributed by atoms with Crippen LogP contribution in [0, 0.1) is 5.92 Å². The van der Waals surface area contributed by atoms with Crippen LogP contribution < -0.4 is 10.1 Å². The fourth-order valence-electron chi connectivity index (χ4n) is 2.82. The zero-order valence-corrected chi connectivity index (χ0v) is 13.2. The quantitative estimate of drug-likeness (QED) is 0.725. The van der Waals surface area contributed by atoms with E-state index >= 15 is 0 Å². The highest BCUT2D eigenvalue weighted by atomic mass is 16.5. The van der Waals surface area contributed by atoms with Gasteiger partial charge in [-0.15, -0.1) is 0 Å². The van der Waals surface area contributed by atoms with Gasteiger partial charge in [0.15, 0.2) is 0 Å². The Bertz CT molecular complexity index is 414. The van der Waals surface area contributed by atoms with Crippen LogP contribution >= 0.6 is 0 Å². The molecule has 0 aromatic heterocycles. The highest BCUT2D eigenvalue weighted by Gasteiger charge is 2.12. The molecule has 1 aliphatic carbocycles. The molecule has 0 spiro atoms. The number of hydrogen-bond acceptors (Lipinski definition) is 2. The Balaban J connectivity index is 1.68. The van der Waals surface area contributed by atoms with E-state index in [4.69, 9.17) is 4.74 Å². The smallest absolute Gasteiger partial charge is 0.119 e. The van der Waals surface area contributed by atoms with E-state index in [9.17, 15) is 0 Å². The molecule has 0 saturated heterocycles. The molecule has 112 valence electrons. The summed E-state index contributed by atoms with van der Waals surface area (Å²) >= 11 is 0. The van der Waals surface area contributed by atoms with Crippen LogP contribution in [0.2, 0.25) is 0 Å². The van der Waals surface area contributed by atoms with Gasteiger partial charge in [-0.1, -0.05) is 19.9 Å². The van der Waals surface area contributed by atoms with Crippen LogP contribution in [0.15, 0.2) is 18.2 Å². The summed E-state index contributed by atoms with van der Waals surface area (Å²) in [5.41, 5.74) is 3.01. The number of fused-ring (bicyclic) bond motifs is 1. The Morgan fingerprint density at radius 1 is 1.15 bits per heavy atom. The first kappa shape index (κ1) is 15.4. The lowest BCUT2D eigenvalue weighted by Crippen LogP contribution is -2.22. The summed E-state index contributed by atoms with van der Waals surface area (Å²) in [5, 5.41) is 3.48. The fourth-order valence-corrected chi connectivity index (χ4v) is 2.82. The molecule has 0 bridgehead atoms. The first-order valence-electron chi connectivity index (χ1n) is 8.14. The van der Waals surface area contributed by atoms with E-state index in [1.54, 1.807) is 0 Å². The Hall–Kier alpha value is -1.02. The zero-order chi connectivity index (χ0) is 14.4. The minimum atomic E-state index is 0.301. The molecule has 0 radical (unpaired) electrons. The summed E-state index contributed by atoms with van der Waals surface area (Å²) in [6.07, 6.45) is 6.36. The van der Waals surface area contributed by atoms with E-state index in [0.717, 1.165) is 31.2 Å². The molecule has 2 heteroatoms. The Kier molecular flexibility index (Phi) is 5.90. The van der Waals surface area contributed by atoms with E-state index in [2.05, 4.69) is 44.3 Å². The average Bonchev–Trinajstić information content (AvgIpc) is 2.85. The van der Waals surface area contributed by atoms with E-state index in [1.165, 1.54) is 36.8 Å². The standard InChI is InChI=1S/C18H29NO/c1-14(2)13-19-11-5-6-15(3)20-18-10-9-16-7-4-8-17(16)12-18/h9-10,12,14-15,19H,4-8,11,13H2,1-3H3. The van der Waals surface area contributed by atoms with Crippen LogP contribution in [0.4, 0.5) is 0 Å². The van der Waals surface area contributed by atoms with E-state index in [1.807, 2.05) is 0 Å². The van der Waals surface area contributed by atoms with Crippen molar-refractivity contribution < 1.29 is 4.74 Å². The molecule has 1 unspecified atom stereocenters. The fraction of sp³-hybridized carbons (Fsp3) is 0.667. The molecule has 1 N–H and O–H groups in total. The normalized spacial score (nSPS) is 15.4. The summed E-state index contributed by atoms with van der Waals surface area (Å²) < 4.78 is 6.04. The molecule has 0 saturated carbocycles. The third kappa shape index (κ3) is 4.82. The summed E-state index contributed by atoms with van der Waals surface area (Å²) in [6.45, 7) is 8.87. The zero-order valence-electron chi connectivity index (χ0n) is 13.2. The van der Waals surface area contributed by atoms with Gasteiger partial charge < -0.3 is 10.1 Å². The minimum absolute atomic E-state index is 0.301. The average molecular weight is 275 g/mol. The van der Waals surface area contributed by atoms with Crippen molar-refractivity contribution in [1.29, 1.82) is 0 Å². The molecule has 1 atom stereocenters. The van der Waals surface area contributed by atoms with E-state index < -0.39 is 0 Å². The Morgan fingerprint density at radius 2 is 1.95 bits per heavy atom. The highest BCUT2D eigenvalue weighted by molar-refractivity contribution is 5.38. The molecule has 0 aliphatic heterocycles. The van der Waals surface area contributed by atoms with Crippen molar-refractivity contribution in [3.63, 3.8) is 0 Å². The summed E-state index contributed by atoms with van der Waals surface area (Å²) in [7, 11) is 0. The van der Waals surface area contributed by atoms with Gasteiger partial charge in [0.05, 0.1) is 6.10 Å². The van der Waals surface area contributed by atoms with Gasteiger partial charge in [-0.3, -0.25) is 0 Å². The molecule has 2 nitrogen and oxygen atoms in total. The van der Waals surface area contributed by atoms with Crippen LogP contribution in [0.25, 0.3) is 0 Å². The van der Waals surface area contributed by atoms with E-state index in [0.29, 0.717) is 6.10 Å². The van der Waals surface area contributed by atoms with Gasteiger partial charge in [-0.2, -0.15) is 0 Å². The van der Waals surface area contributed by atoms with E-state index in [-0.39, 0.29) is 0 Å². The van der Waals surface area contributed by atoms with Crippen LogP contribution in [0.5, 0.6) is 5.75 Å². The molecule has 1 aromatic rings. The van der Waals surface area contributed by atoms with Crippen LogP contribution in [-0.2, 0) is 12.8 Å². The maximum atomic E-state index is 6.04. The molecule has 20 heavy (non-hydrogen) atoms. The second-order valence-electron chi connectivity index (χ2n) is 6.45. The van der Waals surface area contributed by atoms with Gasteiger partial charge >= 0.3 is 0 Å². The lowest BCUT2D eigenvalue weighted by atomic mass is 10.1. The van der Waals surface area contributed by atoms with Crippen molar-refractivity contribution in [3.8, 4) is 5.75 Å². The number of ether oxygens (including phenoxy) is 1. The monoisotopic (exact) mass is 275 g/mol. The number of rotatable bonds is 8. The molecule has 1 aromatic carbocycles. The SMILES string of the molecule is CC(C)CNCCCC(C)Oc1ccc2c(c1)CCC2. The molecule has 0 heterocycles. The van der Waals surface area contributed by atoms with Gasteiger partial charge in [0.2, 0.25) is 0 Å². The number of nitrogens with one attached hydrogen (secondary N) is 1. The third-order valence-electron chi connectivity index (χ3n) is 3.92. The summed E-state index contributed by atoms with van der Waals surface area (Å²) in [4.78, 5) is 0. The van der Waals surface area contributed by atoms with Gasteiger partial charge in [0, 0.05) is 0 Å². The van der Waals surface area contributed by atoms with Gasteiger partial charge in [-0.25, -0.2) is 0 Å². The second-order valence-corrected chi connectivity index (χ2v) is 6.45. The molecular weight excluding hydrogens is 246 g/mol. The van der Waals surface area contributed by atoms with Crippen LogP contribution in [0.1, 0.15) is 51.2 Å². The van der Waals surface area contributed by atoms with Gasteiger partial charge in [0.25, 0.3) is 0 Å². The number of benzene rings is 1. The molecule has 2 rings (SSSR count). The van der Waals surface area contributed by atoms with Crippen LogP contribution in [-0.4, -0.2) is 19.2 Å². The Labute approximate surface area is 123 Å². The minimum Gasteiger partial charge on any atom is -0.491 e. The van der Waals surface area contributed by atoms with Crippen molar-refractivity contribution in [2.45, 2.75) is 59.0 Å². The lowest BCUT2D eigenvalue weighted by molar-refractivity contribution is 0.207. The first-order chi connectivity index (χ1) is 9.65. The van der Waals surface area contributed by atoms with Crippen molar-refractivity contribution in [1.82, 2.24) is 5.32 Å². The molecule has 0 fully saturated rings.